The second-order valence-electron chi connectivity index (χ2n) is 13.3. The average Bonchev–Trinajstić information content (AvgIpc) is 3.18. The molecule has 0 atom stereocenters. The van der Waals surface area contributed by atoms with Crippen LogP contribution in [-0.2, 0) is 49.1 Å². The normalized spacial score (nSPS) is 11.5. The van der Waals surface area contributed by atoms with Gasteiger partial charge in [-0.3, -0.25) is 0 Å². The molecule has 0 saturated heterocycles. The predicted octanol–water partition coefficient (Wildman–Crippen LogP) is 8.65. The summed E-state index contributed by atoms with van der Waals surface area (Å²) < 4.78 is 55.8. The zero-order chi connectivity index (χ0) is 37.8. The van der Waals surface area contributed by atoms with Gasteiger partial charge in [-0.2, -0.15) is 0 Å². The molecule has 10 heteroatoms. The van der Waals surface area contributed by atoms with Gasteiger partial charge in [0.25, 0.3) is 0 Å². The van der Waals surface area contributed by atoms with E-state index in [2.05, 4.69) is 38.1 Å². The fourth-order valence-corrected chi connectivity index (χ4v) is 5.46. The van der Waals surface area contributed by atoms with Gasteiger partial charge < -0.3 is 47.4 Å². The Hall–Kier alpha value is -1.34. The van der Waals surface area contributed by atoms with Gasteiger partial charge in [0.2, 0.25) is 0 Å². The van der Waals surface area contributed by atoms with Crippen molar-refractivity contribution in [3.63, 3.8) is 0 Å². The maximum Gasteiger partial charge on any atom is 0.119 e. The van der Waals surface area contributed by atoms with E-state index in [0.29, 0.717) is 119 Å². The van der Waals surface area contributed by atoms with Crippen molar-refractivity contribution in [2.45, 2.75) is 117 Å². The lowest BCUT2D eigenvalue weighted by molar-refractivity contribution is -0.0254. The molecule has 0 spiro atoms. The van der Waals surface area contributed by atoms with Crippen LogP contribution in [0.5, 0.6) is 5.75 Å². The van der Waals surface area contributed by atoms with Gasteiger partial charge in [0, 0.05) is 6.61 Å². The van der Waals surface area contributed by atoms with Gasteiger partial charge in [0.15, 0.2) is 0 Å². The van der Waals surface area contributed by atoms with Crippen molar-refractivity contribution in [1.82, 2.24) is 0 Å². The third-order valence-corrected chi connectivity index (χ3v) is 8.61. The summed E-state index contributed by atoms with van der Waals surface area (Å²) in [6, 6.07) is 8.47. The first-order chi connectivity index (χ1) is 26.4. The summed E-state index contributed by atoms with van der Waals surface area (Å²) in [5, 5.41) is 0. The smallest absolute Gasteiger partial charge is 0.119 e. The minimum Gasteiger partial charge on any atom is -0.491 e. The molecule has 0 aliphatic rings. The van der Waals surface area contributed by atoms with E-state index in [1.165, 1.54) is 95.5 Å². The van der Waals surface area contributed by atoms with Crippen LogP contribution in [0, 0.1) is 0 Å². The molecule has 1 rings (SSSR count). The molecule has 0 fully saturated rings. The molecule has 0 aliphatic carbocycles. The van der Waals surface area contributed by atoms with Crippen LogP contribution in [0.15, 0.2) is 24.3 Å². The van der Waals surface area contributed by atoms with Crippen LogP contribution in [0.1, 0.15) is 116 Å². The molecule has 0 aromatic heterocycles. The lowest BCUT2D eigenvalue weighted by Gasteiger charge is -2.09. The highest BCUT2D eigenvalue weighted by Gasteiger charge is 1.99. The minimum atomic E-state index is 0.526. The zero-order valence-electron chi connectivity index (χ0n) is 34.1. The lowest BCUT2D eigenvalue weighted by atomic mass is 10.0. The Morgan fingerprint density at radius 3 is 0.925 bits per heavy atom. The van der Waals surface area contributed by atoms with Gasteiger partial charge >= 0.3 is 0 Å². The quantitative estimate of drug-likeness (QED) is 0.0603. The number of hydrogen-bond acceptors (Lipinski definition) is 10. The minimum absolute atomic E-state index is 0.526. The maximum atomic E-state index is 5.79. The summed E-state index contributed by atoms with van der Waals surface area (Å²) >= 11 is 0. The first-order valence-corrected chi connectivity index (χ1v) is 21.3. The van der Waals surface area contributed by atoms with Crippen molar-refractivity contribution in [2.24, 2.45) is 0 Å². The van der Waals surface area contributed by atoms with Crippen LogP contribution < -0.4 is 4.74 Å². The number of ether oxygens (including phenoxy) is 10. The monoisotopic (exact) mass is 757 g/mol. The van der Waals surface area contributed by atoms with Crippen LogP contribution >= 0.6 is 0 Å². The summed E-state index contributed by atoms with van der Waals surface area (Å²) in [5.41, 5.74) is 1.38. The van der Waals surface area contributed by atoms with Gasteiger partial charge in [-0.05, 0) is 37.0 Å². The molecule has 10 nitrogen and oxygen atoms in total. The van der Waals surface area contributed by atoms with E-state index in [4.69, 9.17) is 47.4 Å². The molecule has 0 aliphatic heterocycles. The van der Waals surface area contributed by atoms with Gasteiger partial charge in [-0.25, -0.2) is 0 Å². The second kappa shape index (κ2) is 43.4. The Labute approximate surface area is 324 Å². The van der Waals surface area contributed by atoms with E-state index in [0.717, 1.165) is 25.2 Å². The Balaban J connectivity index is 1.68. The molecule has 0 radical (unpaired) electrons. The fourth-order valence-electron chi connectivity index (χ4n) is 5.46. The standard InChI is InChI=1S/C43H80O10/c1-3-5-7-9-11-13-15-17-23-44-24-25-45-26-27-46-28-29-47-30-31-48-32-33-49-34-35-50-36-37-51-38-39-52-40-41-53-43-21-19-42(20-22-43)18-16-14-12-10-8-6-4-2/h19-22H,3-18,23-41H2,1-2H3. The number of hydrogen-bond donors (Lipinski definition) is 0. The molecule has 0 heterocycles. The molecule has 0 unspecified atom stereocenters. The Kier molecular flexibility index (Phi) is 40.7. The summed E-state index contributed by atoms with van der Waals surface area (Å²) in [6.07, 6.45) is 21.1. The number of aryl methyl sites for hydroxylation is 1. The summed E-state index contributed by atoms with van der Waals surface area (Å²) in [5.74, 6) is 0.891. The predicted molar refractivity (Wildman–Crippen MR) is 214 cm³/mol. The topological polar surface area (TPSA) is 92.3 Å². The van der Waals surface area contributed by atoms with E-state index < -0.39 is 0 Å². The highest BCUT2D eigenvalue weighted by Crippen LogP contribution is 2.15. The number of unbranched alkanes of at least 4 members (excludes halogenated alkanes) is 13. The van der Waals surface area contributed by atoms with Crippen LogP contribution in [0.3, 0.4) is 0 Å². The second-order valence-corrected chi connectivity index (χ2v) is 13.3. The molecular weight excluding hydrogens is 676 g/mol. The van der Waals surface area contributed by atoms with Gasteiger partial charge in [-0.1, -0.05) is 109 Å². The van der Waals surface area contributed by atoms with Crippen LogP contribution in [0.25, 0.3) is 0 Å². The van der Waals surface area contributed by atoms with Crippen molar-refractivity contribution in [2.75, 3.05) is 126 Å². The molecule has 0 amide bonds. The molecular formula is C43H80O10. The van der Waals surface area contributed by atoms with E-state index in [-0.39, 0.29) is 0 Å². The summed E-state index contributed by atoms with van der Waals surface area (Å²) in [4.78, 5) is 0. The van der Waals surface area contributed by atoms with Gasteiger partial charge in [0.05, 0.1) is 112 Å². The van der Waals surface area contributed by atoms with Gasteiger partial charge in [-0.15, -0.1) is 0 Å². The van der Waals surface area contributed by atoms with Crippen molar-refractivity contribution >= 4 is 0 Å². The van der Waals surface area contributed by atoms with E-state index in [1.54, 1.807) is 0 Å². The van der Waals surface area contributed by atoms with Crippen molar-refractivity contribution in [3.8, 4) is 5.75 Å². The van der Waals surface area contributed by atoms with Crippen LogP contribution in [0.4, 0.5) is 0 Å². The van der Waals surface area contributed by atoms with Crippen molar-refractivity contribution in [1.29, 1.82) is 0 Å². The molecule has 0 N–H and O–H groups in total. The zero-order valence-corrected chi connectivity index (χ0v) is 34.1. The Bertz CT molecular complexity index is 813. The van der Waals surface area contributed by atoms with Gasteiger partial charge in [0.1, 0.15) is 12.4 Å². The number of rotatable bonds is 45. The van der Waals surface area contributed by atoms with E-state index in [9.17, 15) is 0 Å². The van der Waals surface area contributed by atoms with E-state index in [1.807, 2.05) is 0 Å². The Morgan fingerprint density at radius 2 is 0.566 bits per heavy atom. The number of benzene rings is 1. The molecule has 1 aromatic carbocycles. The largest absolute Gasteiger partial charge is 0.491 e. The lowest BCUT2D eigenvalue weighted by Crippen LogP contribution is -2.15. The summed E-state index contributed by atoms with van der Waals surface area (Å²) in [7, 11) is 0. The maximum absolute atomic E-state index is 5.79. The van der Waals surface area contributed by atoms with E-state index >= 15 is 0 Å². The highest BCUT2D eigenvalue weighted by molar-refractivity contribution is 5.27. The molecule has 53 heavy (non-hydrogen) atoms. The molecule has 1 aromatic rings. The Morgan fingerprint density at radius 1 is 0.283 bits per heavy atom. The third-order valence-electron chi connectivity index (χ3n) is 8.61. The fraction of sp³-hybridized carbons (Fsp3) is 0.860. The summed E-state index contributed by atoms with van der Waals surface area (Å²) in [6.45, 7) is 15.2. The third kappa shape index (κ3) is 38.7. The molecule has 312 valence electrons. The van der Waals surface area contributed by atoms with Crippen molar-refractivity contribution < 1.29 is 47.4 Å². The first-order valence-electron chi connectivity index (χ1n) is 21.3. The first kappa shape index (κ1) is 49.7. The highest BCUT2D eigenvalue weighted by atomic mass is 16.6. The molecule has 0 saturated carbocycles. The van der Waals surface area contributed by atoms with Crippen LogP contribution in [-0.4, -0.2) is 126 Å². The SMILES string of the molecule is CCCCCCCCCCOCCOCCOCCOCCOCCOCCOCCOCCOCCOc1ccc(CCCCCCCCC)cc1. The molecule has 0 bridgehead atoms. The van der Waals surface area contributed by atoms with Crippen LogP contribution in [0.2, 0.25) is 0 Å². The van der Waals surface area contributed by atoms with Crippen molar-refractivity contribution in [3.05, 3.63) is 29.8 Å². The average molecular weight is 757 g/mol.